The molecule has 1 aromatic heterocycles. The van der Waals surface area contributed by atoms with Gasteiger partial charge in [-0.3, -0.25) is 4.79 Å². The zero-order chi connectivity index (χ0) is 22.1. The summed E-state index contributed by atoms with van der Waals surface area (Å²) in [6, 6.07) is 23.3. The van der Waals surface area contributed by atoms with Crippen LogP contribution in [0.4, 0.5) is 5.69 Å². The number of para-hydroxylation sites is 2. The number of nitrogens with zero attached hydrogens (tertiary/aromatic N) is 2. The number of hydrogen-bond acceptors (Lipinski definition) is 3. The van der Waals surface area contributed by atoms with Crippen LogP contribution in [0.2, 0.25) is 10.0 Å². The van der Waals surface area contributed by atoms with Crippen molar-refractivity contribution in [3.63, 3.8) is 0 Å². The van der Waals surface area contributed by atoms with Crippen molar-refractivity contribution in [2.75, 3.05) is 0 Å². The number of carbonyl (C=O) groups excluding carboxylic acids is 1. The minimum Gasteiger partial charge on any atom is -0.342 e. The SMILES string of the molecule is O=C1NC(=Nc2ccccc2Cl)S/C1=C\c1cn(Cc2ccc(Cl)cc2)c2ccccc12. The fourth-order valence-corrected chi connectivity index (χ4v) is 4.71. The molecule has 0 bridgehead atoms. The Morgan fingerprint density at radius 1 is 0.969 bits per heavy atom. The van der Waals surface area contributed by atoms with Gasteiger partial charge in [-0.1, -0.05) is 65.7 Å². The first-order valence-corrected chi connectivity index (χ1v) is 11.5. The van der Waals surface area contributed by atoms with Gasteiger partial charge in [0.15, 0.2) is 5.17 Å². The first-order chi connectivity index (χ1) is 15.6. The van der Waals surface area contributed by atoms with Crippen LogP contribution in [-0.2, 0) is 11.3 Å². The van der Waals surface area contributed by atoms with Gasteiger partial charge in [-0.05, 0) is 53.7 Å². The second kappa shape index (κ2) is 8.87. The monoisotopic (exact) mass is 477 g/mol. The number of nitrogens with one attached hydrogen (secondary N) is 1. The molecule has 4 aromatic rings. The Hall–Kier alpha value is -2.99. The van der Waals surface area contributed by atoms with E-state index >= 15 is 0 Å². The zero-order valence-electron chi connectivity index (χ0n) is 16.8. The number of benzene rings is 3. The van der Waals surface area contributed by atoms with Gasteiger partial charge >= 0.3 is 0 Å². The average Bonchev–Trinajstić information content (AvgIpc) is 3.31. The third-order valence-corrected chi connectivity index (χ3v) is 6.58. The predicted molar refractivity (Wildman–Crippen MR) is 135 cm³/mol. The number of aliphatic imine (C=N–C) groups is 1. The lowest BCUT2D eigenvalue weighted by Crippen LogP contribution is -2.19. The van der Waals surface area contributed by atoms with Crippen LogP contribution in [0, 0.1) is 0 Å². The van der Waals surface area contributed by atoms with E-state index in [1.165, 1.54) is 11.8 Å². The van der Waals surface area contributed by atoms with E-state index in [0.29, 0.717) is 27.3 Å². The lowest BCUT2D eigenvalue weighted by atomic mass is 10.1. The largest absolute Gasteiger partial charge is 0.342 e. The molecule has 0 saturated carbocycles. The Morgan fingerprint density at radius 3 is 2.53 bits per heavy atom. The van der Waals surface area contributed by atoms with Gasteiger partial charge in [0, 0.05) is 34.2 Å². The standard InChI is InChI=1S/C25H17Cl2N3OS/c26-18-11-9-16(10-12-18)14-30-15-17(19-5-1-4-8-22(19)30)13-23-24(31)29-25(32-23)28-21-7-3-2-6-20(21)27/h1-13,15H,14H2,(H,28,29,31)/b23-13-. The molecule has 1 N–H and O–H groups in total. The fraction of sp³-hybridized carbons (Fsp3) is 0.0400. The molecule has 7 heteroatoms. The van der Waals surface area contributed by atoms with Crippen LogP contribution in [0.3, 0.4) is 0 Å². The van der Waals surface area contributed by atoms with Crippen molar-refractivity contribution in [3.8, 4) is 0 Å². The van der Waals surface area contributed by atoms with Crippen molar-refractivity contribution in [2.45, 2.75) is 6.54 Å². The number of rotatable bonds is 4. The Balaban J connectivity index is 1.48. The smallest absolute Gasteiger partial charge is 0.264 e. The summed E-state index contributed by atoms with van der Waals surface area (Å²) in [4.78, 5) is 17.7. The third kappa shape index (κ3) is 4.32. The molecule has 3 aromatic carbocycles. The van der Waals surface area contributed by atoms with E-state index in [0.717, 1.165) is 27.1 Å². The lowest BCUT2D eigenvalue weighted by molar-refractivity contribution is -0.115. The average molecular weight is 478 g/mol. The first-order valence-electron chi connectivity index (χ1n) is 9.93. The van der Waals surface area contributed by atoms with Crippen molar-refractivity contribution in [3.05, 3.63) is 105 Å². The highest BCUT2D eigenvalue weighted by Crippen LogP contribution is 2.32. The third-order valence-electron chi connectivity index (χ3n) is 5.10. The maximum atomic E-state index is 12.6. The quantitative estimate of drug-likeness (QED) is 0.325. The van der Waals surface area contributed by atoms with Gasteiger partial charge in [0.05, 0.1) is 15.6 Å². The number of thioether (sulfide) groups is 1. The van der Waals surface area contributed by atoms with Gasteiger partial charge in [-0.2, -0.15) is 0 Å². The minimum atomic E-state index is -0.171. The zero-order valence-corrected chi connectivity index (χ0v) is 19.1. The molecule has 1 amide bonds. The van der Waals surface area contributed by atoms with Gasteiger partial charge in [0.25, 0.3) is 5.91 Å². The molecule has 4 nitrogen and oxygen atoms in total. The fourth-order valence-electron chi connectivity index (χ4n) is 3.58. The summed E-state index contributed by atoms with van der Waals surface area (Å²) in [6.45, 7) is 0.708. The summed E-state index contributed by atoms with van der Waals surface area (Å²) in [5.74, 6) is -0.171. The van der Waals surface area contributed by atoms with E-state index in [4.69, 9.17) is 23.2 Å². The van der Waals surface area contributed by atoms with Crippen LogP contribution in [-0.4, -0.2) is 15.6 Å². The Kier molecular flexibility index (Phi) is 5.79. The van der Waals surface area contributed by atoms with E-state index in [2.05, 4.69) is 33.2 Å². The second-order valence-electron chi connectivity index (χ2n) is 7.29. The molecule has 32 heavy (non-hydrogen) atoms. The van der Waals surface area contributed by atoms with Crippen molar-refractivity contribution >= 4 is 68.7 Å². The Bertz CT molecular complexity index is 1390. The van der Waals surface area contributed by atoms with E-state index in [1.807, 2.05) is 60.7 Å². The van der Waals surface area contributed by atoms with E-state index in [9.17, 15) is 4.79 Å². The van der Waals surface area contributed by atoms with Gasteiger partial charge in [-0.25, -0.2) is 4.99 Å². The molecule has 1 aliphatic heterocycles. The number of aromatic nitrogens is 1. The lowest BCUT2D eigenvalue weighted by Gasteiger charge is -2.05. The van der Waals surface area contributed by atoms with Gasteiger partial charge in [0.1, 0.15) is 0 Å². The molecule has 0 atom stereocenters. The number of amidine groups is 1. The number of fused-ring (bicyclic) bond motifs is 1. The van der Waals surface area contributed by atoms with Crippen molar-refractivity contribution in [1.82, 2.24) is 9.88 Å². The van der Waals surface area contributed by atoms with E-state index < -0.39 is 0 Å². The van der Waals surface area contributed by atoms with E-state index in [1.54, 1.807) is 6.07 Å². The summed E-state index contributed by atoms with van der Waals surface area (Å²) in [7, 11) is 0. The molecule has 2 heterocycles. The van der Waals surface area contributed by atoms with Crippen LogP contribution >= 0.6 is 35.0 Å². The van der Waals surface area contributed by atoms with Gasteiger partial charge in [0.2, 0.25) is 0 Å². The summed E-state index contributed by atoms with van der Waals surface area (Å²) < 4.78 is 2.18. The van der Waals surface area contributed by atoms with Crippen LogP contribution in [0.1, 0.15) is 11.1 Å². The topological polar surface area (TPSA) is 46.4 Å². The number of hydrogen-bond donors (Lipinski definition) is 1. The Morgan fingerprint density at radius 2 is 1.72 bits per heavy atom. The molecule has 0 spiro atoms. The number of carbonyl (C=O) groups is 1. The maximum Gasteiger partial charge on any atom is 0.264 e. The number of amides is 1. The highest BCUT2D eigenvalue weighted by molar-refractivity contribution is 8.18. The van der Waals surface area contributed by atoms with Crippen LogP contribution in [0.25, 0.3) is 17.0 Å². The van der Waals surface area contributed by atoms with Crippen molar-refractivity contribution in [2.24, 2.45) is 4.99 Å². The summed E-state index contributed by atoms with van der Waals surface area (Å²) in [5, 5.41) is 5.68. The second-order valence-corrected chi connectivity index (χ2v) is 9.16. The predicted octanol–water partition coefficient (Wildman–Crippen LogP) is 6.89. The summed E-state index contributed by atoms with van der Waals surface area (Å²) in [6.07, 6.45) is 3.99. The highest BCUT2D eigenvalue weighted by Gasteiger charge is 2.24. The molecular formula is C25H17Cl2N3OS. The molecule has 158 valence electrons. The molecule has 0 unspecified atom stereocenters. The van der Waals surface area contributed by atoms with Crippen molar-refractivity contribution < 1.29 is 4.79 Å². The van der Waals surface area contributed by atoms with E-state index in [-0.39, 0.29) is 5.91 Å². The van der Waals surface area contributed by atoms with Crippen LogP contribution in [0.15, 0.2) is 88.9 Å². The molecule has 0 aliphatic carbocycles. The van der Waals surface area contributed by atoms with Crippen LogP contribution < -0.4 is 5.32 Å². The van der Waals surface area contributed by atoms with Gasteiger partial charge < -0.3 is 9.88 Å². The molecule has 1 aliphatic rings. The highest BCUT2D eigenvalue weighted by atomic mass is 35.5. The van der Waals surface area contributed by atoms with Crippen LogP contribution in [0.5, 0.6) is 0 Å². The number of halogens is 2. The summed E-state index contributed by atoms with van der Waals surface area (Å²) >= 11 is 13.5. The van der Waals surface area contributed by atoms with Crippen molar-refractivity contribution in [1.29, 1.82) is 0 Å². The molecule has 1 saturated heterocycles. The van der Waals surface area contributed by atoms with Gasteiger partial charge in [-0.15, -0.1) is 0 Å². The summed E-state index contributed by atoms with van der Waals surface area (Å²) in [5.41, 5.74) is 3.85. The Labute approximate surface area is 199 Å². The first kappa shape index (κ1) is 20.9. The molecule has 0 radical (unpaired) electrons. The molecule has 1 fully saturated rings. The minimum absolute atomic E-state index is 0.171. The molecule has 5 rings (SSSR count). The normalized spacial score (nSPS) is 16.2. The molecular weight excluding hydrogens is 461 g/mol. The maximum absolute atomic E-state index is 12.6.